The standard InChI is InChI=1S/C17H15F2N3O4S/c1-9-11(7-8-24-9)15-21-22-17(26-15)27-10(2)14(23)20-12-5-3-4-6-13(12)25-16(18)19/h3-8,10,16H,1-2H3,(H,20,23). The van der Waals surface area contributed by atoms with Gasteiger partial charge in [0.1, 0.15) is 11.5 Å². The molecule has 0 aliphatic heterocycles. The third-order valence-electron chi connectivity index (χ3n) is 3.50. The summed E-state index contributed by atoms with van der Waals surface area (Å²) in [5, 5.41) is 9.96. The van der Waals surface area contributed by atoms with E-state index < -0.39 is 17.8 Å². The first-order valence-corrected chi connectivity index (χ1v) is 8.71. The Hall–Kier alpha value is -2.88. The van der Waals surface area contributed by atoms with Gasteiger partial charge in [-0.15, -0.1) is 10.2 Å². The third kappa shape index (κ3) is 4.64. The number of nitrogens with zero attached hydrogens (tertiary/aromatic N) is 2. The summed E-state index contributed by atoms with van der Waals surface area (Å²) in [6, 6.07) is 7.65. The predicted octanol–water partition coefficient (Wildman–Crippen LogP) is 4.36. The molecule has 1 N–H and O–H groups in total. The SMILES string of the molecule is Cc1occc1-c1nnc(SC(C)C(=O)Nc2ccccc2OC(F)F)o1. The minimum atomic E-state index is -2.99. The van der Waals surface area contributed by atoms with Crippen molar-refractivity contribution in [1.82, 2.24) is 10.2 Å². The van der Waals surface area contributed by atoms with Gasteiger partial charge in [0.2, 0.25) is 5.91 Å². The topological polar surface area (TPSA) is 90.4 Å². The van der Waals surface area contributed by atoms with E-state index >= 15 is 0 Å². The normalized spacial score (nSPS) is 12.2. The number of nitrogens with one attached hydrogen (secondary N) is 1. The highest BCUT2D eigenvalue weighted by Gasteiger charge is 2.21. The van der Waals surface area contributed by atoms with E-state index in [0.717, 1.165) is 11.8 Å². The van der Waals surface area contributed by atoms with Gasteiger partial charge in [-0.05, 0) is 32.0 Å². The lowest BCUT2D eigenvalue weighted by Gasteiger charge is -2.13. The Bertz CT molecular complexity index is 928. The highest BCUT2D eigenvalue weighted by molar-refractivity contribution is 8.00. The van der Waals surface area contributed by atoms with Crippen LogP contribution in [0.4, 0.5) is 14.5 Å². The van der Waals surface area contributed by atoms with Crippen LogP contribution in [0.3, 0.4) is 0 Å². The van der Waals surface area contributed by atoms with Crippen molar-refractivity contribution >= 4 is 23.4 Å². The molecule has 2 heterocycles. The summed E-state index contributed by atoms with van der Waals surface area (Å²) in [6.07, 6.45) is 1.51. The number of hydrogen-bond donors (Lipinski definition) is 1. The highest BCUT2D eigenvalue weighted by atomic mass is 32.2. The number of carbonyl (C=O) groups excluding carboxylic acids is 1. The number of aromatic nitrogens is 2. The smallest absolute Gasteiger partial charge is 0.387 e. The predicted molar refractivity (Wildman–Crippen MR) is 93.8 cm³/mol. The Morgan fingerprint density at radius 2 is 2.04 bits per heavy atom. The fourth-order valence-corrected chi connectivity index (χ4v) is 2.86. The fraction of sp³-hybridized carbons (Fsp3) is 0.235. The van der Waals surface area contributed by atoms with E-state index in [4.69, 9.17) is 8.83 Å². The quantitative estimate of drug-likeness (QED) is 0.595. The van der Waals surface area contributed by atoms with Crippen molar-refractivity contribution < 1.29 is 27.1 Å². The maximum absolute atomic E-state index is 12.5. The van der Waals surface area contributed by atoms with Crippen LogP contribution >= 0.6 is 11.8 Å². The van der Waals surface area contributed by atoms with Gasteiger partial charge in [-0.25, -0.2) is 0 Å². The highest BCUT2D eigenvalue weighted by Crippen LogP contribution is 2.30. The average Bonchev–Trinajstić information content (AvgIpc) is 3.24. The molecule has 142 valence electrons. The minimum Gasteiger partial charge on any atom is -0.469 e. The Balaban J connectivity index is 1.65. The molecule has 0 saturated heterocycles. The molecule has 27 heavy (non-hydrogen) atoms. The molecule has 0 saturated carbocycles. The Morgan fingerprint density at radius 1 is 1.26 bits per heavy atom. The van der Waals surface area contributed by atoms with E-state index in [1.54, 1.807) is 26.0 Å². The van der Waals surface area contributed by atoms with Crippen molar-refractivity contribution in [3.8, 4) is 17.2 Å². The second kappa shape index (κ2) is 8.21. The van der Waals surface area contributed by atoms with Gasteiger partial charge in [-0.1, -0.05) is 23.9 Å². The van der Waals surface area contributed by atoms with Crippen LogP contribution < -0.4 is 10.1 Å². The molecule has 0 aliphatic rings. The molecule has 1 amide bonds. The second-order valence-corrected chi connectivity index (χ2v) is 6.68. The summed E-state index contributed by atoms with van der Waals surface area (Å²) in [7, 11) is 0. The van der Waals surface area contributed by atoms with Crippen molar-refractivity contribution in [2.45, 2.75) is 30.9 Å². The van der Waals surface area contributed by atoms with Crippen LogP contribution in [0.25, 0.3) is 11.5 Å². The third-order valence-corrected chi connectivity index (χ3v) is 4.44. The van der Waals surface area contributed by atoms with Gasteiger partial charge < -0.3 is 18.9 Å². The van der Waals surface area contributed by atoms with Crippen LogP contribution in [-0.4, -0.2) is 28.0 Å². The zero-order valence-corrected chi connectivity index (χ0v) is 15.1. The molecule has 0 fully saturated rings. The summed E-state index contributed by atoms with van der Waals surface area (Å²) < 4.78 is 40.0. The number of carbonyl (C=O) groups is 1. The number of aryl methyl sites for hydroxylation is 1. The maximum atomic E-state index is 12.5. The number of alkyl halides is 2. The number of amides is 1. The van der Waals surface area contributed by atoms with E-state index in [2.05, 4.69) is 20.3 Å². The van der Waals surface area contributed by atoms with Crippen LogP contribution in [-0.2, 0) is 4.79 Å². The number of hydrogen-bond acceptors (Lipinski definition) is 7. The molecular formula is C17H15F2N3O4S. The molecule has 0 spiro atoms. The molecular weight excluding hydrogens is 380 g/mol. The fourth-order valence-electron chi connectivity index (χ4n) is 2.18. The van der Waals surface area contributed by atoms with Crippen molar-refractivity contribution in [1.29, 1.82) is 0 Å². The van der Waals surface area contributed by atoms with Crippen LogP contribution in [0.2, 0.25) is 0 Å². The first-order valence-electron chi connectivity index (χ1n) is 7.83. The largest absolute Gasteiger partial charge is 0.469 e. The number of rotatable bonds is 7. The van der Waals surface area contributed by atoms with E-state index in [-0.39, 0.29) is 22.6 Å². The summed E-state index contributed by atoms with van der Waals surface area (Å²) in [5.41, 5.74) is 0.819. The number of benzene rings is 1. The summed E-state index contributed by atoms with van der Waals surface area (Å²) in [5.74, 6) is 0.377. The molecule has 2 aromatic heterocycles. The van der Waals surface area contributed by atoms with Crippen molar-refractivity contribution in [3.63, 3.8) is 0 Å². The molecule has 1 unspecified atom stereocenters. The molecule has 3 aromatic rings. The maximum Gasteiger partial charge on any atom is 0.387 e. The van der Waals surface area contributed by atoms with Crippen molar-refractivity contribution in [3.05, 3.63) is 42.4 Å². The number of ether oxygens (including phenoxy) is 1. The molecule has 1 atom stereocenters. The summed E-state index contributed by atoms with van der Waals surface area (Å²) in [4.78, 5) is 12.4. The first kappa shape index (κ1) is 18.9. The number of halogens is 2. The van der Waals surface area contributed by atoms with Crippen LogP contribution in [0.1, 0.15) is 12.7 Å². The van der Waals surface area contributed by atoms with Gasteiger partial charge in [-0.2, -0.15) is 8.78 Å². The van der Waals surface area contributed by atoms with Crippen LogP contribution in [0, 0.1) is 6.92 Å². The Labute approximate surface area is 157 Å². The molecule has 7 nitrogen and oxygen atoms in total. The van der Waals surface area contributed by atoms with E-state index in [9.17, 15) is 13.6 Å². The Kier molecular flexibility index (Phi) is 5.75. The minimum absolute atomic E-state index is 0.117. The lowest BCUT2D eigenvalue weighted by molar-refractivity contribution is -0.115. The summed E-state index contributed by atoms with van der Waals surface area (Å²) >= 11 is 1.04. The van der Waals surface area contributed by atoms with Gasteiger partial charge in [0.25, 0.3) is 11.1 Å². The number of anilines is 1. The average molecular weight is 395 g/mol. The second-order valence-electron chi connectivity index (χ2n) is 5.39. The van der Waals surface area contributed by atoms with Gasteiger partial charge >= 0.3 is 6.61 Å². The summed E-state index contributed by atoms with van der Waals surface area (Å²) in [6.45, 7) is 0.406. The van der Waals surface area contributed by atoms with Crippen molar-refractivity contribution in [2.75, 3.05) is 5.32 Å². The van der Waals surface area contributed by atoms with Gasteiger partial charge in [-0.3, -0.25) is 4.79 Å². The zero-order chi connectivity index (χ0) is 19.4. The van der Waals surface area contributed by atoms with E-state index in [1.807, 2.05) is 0 Å². The lowest BCUT2D eigenvalue weighted by atomic mass is 10.3. The molecule has 0 aliphatic carbocycles. The van der Waals surface area contributed by atoms with Gasteiger partial charge in [0.15, 0.2) is 0 Å². The van der Waals surface area contributed by atoms with Crippen LogP contribution in [0.5, 0.6) is 5.75 Å². The molecule has 0 radical (unpaired) electrons. The van der Waals surface area contributed by atoms with Crippen molar-refractivity contribution in [2.24, 2.45) is 0 Å². The van der Waals surface area contributed by atoms with E-state index in [0.29, 0.717) is 11.3 Å². The molecule has 3 rings (SSSR count). The lowest BCUT2D eigenvalue weighted by Crippen LogP contribution is -2.23. The van der Waals surface area contributed by atoms with Gasteiger partial charge in [0.05, 0.1) is 22.8 Å². The Morgan fingerprint density at radius 3 is 2.74 bits per heavy atom. The number of furan rings is 1. The monoisotopic (exact) mass is 395 g/mol. The van der Waals surface area contributed by atoms with Gasteiger partial charge in [0, 0.05) is 0 Å². The first-order chi connectivity index (χ1) is 12.9. The molecule has 10 heteroatoms. The van der Waals surface area contributed by atoms with Crippen LogP contribution in [0.15, 0.2) is 50.7 Å². The number of thioether (sulfide) groups is 1. The molecule has 1 aromatic carbocycles. The number of para-hydroxylation sites is 2. The molecule has 0 bridgehead atoms. The zero-order valence-electron chi connectivity index (χ0n) is 14.3. The van der Waals surface area contributed by atoms with E-state index in [1.165, 1.54) is 24.5 Å².